The van der Waals surface area contributed by atoms with Crippen molar-refractivity contribution in [2.45, 2.75) is 82.7 Å². The summed E-state index contributed by atoms with van der Waals surface area (Å²) in [6, 6.07) is 32.7. The average molecular weight is 1140 g/mol. The maximum absolute atomic E-state index is 13.6. The summed E-state index contributed by atoms with van der Waals surface area (Å²) in [4.78, 5) is 41.0. The summed E-state index contributed by atoms with van der Waals surface area (Å²) < 4.78 is 70.8. The SMILES string of the molecule is COCC1CCN(c2cc(C(=O)CS(=O)(=O)CCO)nc3c2c(C2CCC2)nn3-c2ccccc2)CC1.COCC1CCN(c2cc(C(=O)CS(=O)(=O)CCOCc3ccccc3)nc3c2c(C2CCC2)nn3-c2ccccc2)CC1. The predicted octanol–water partition coefficient (Wildman–Crippen LogP) is 8.51. The number of aliphatic hydroxyl groups excluding tert-OH is 1. The summed E-state index contributed by atoms with van der Waals surface area (Å²) in [5.41, 5.74) is 7.92. The first kappa shape index (κ1) is 57.8. The van der Waals surface area contributed by atoms with Gasteiger partial charge < -0.3 is 29.1 Å². The topological polar surface area (TPSA) is 218 Å². The largest absolute Gasteiger partial charge is 0.395 e. The molecule has 0 amide bonds. The number of aliphatic hydroxyl groups is 1. The molecule has 1 N–H and O–H groups in total. The minimum absolute atomic E-state index is 0.0180. The number of fused-ring (bicyclic) bond motifs is 2. The van der Waals surface area contributed by atoms with E-state index in [2.05, 4.69) is 9.80 Å². The maximum Gasteiger partial charge on any atom is 0.196 e. The molecule has 6 heterocycles. The molecule has 2 aliphatic heterocycles. The minimum Gasteiger partial charge on any atom is -0.395 e. The van der Waals surface area contributed by atoms with Crippen LogP contribution in [-0.2, 0) is 40.5 Å². The van der Waals surface area contributed by atoms with Crippen molar-refractivity contribution in [3.63, 3.8) is 0 Å². The number of Topliss-reactive ketones (excluding diaryl/α,β-unsaturated/α-hetero) is 2. The number of carbonyl (C=O) groups excluding carboxylic acids is 2. The molecule has 2 aliphatic carbocycles. The molecule has 7 aromatic rings. The first-order valence-corrected chi connectivity index (χ1v) is 32.1. The van der Waals surface area contributed by atoms with Gasteiger partial charge in [0, 0.05) is 65.4 Å². The number of piperidine rings is 2. The summed E-state index contributed by atoms with van der Waals surface area (Å²) in [5.74, 6) is -1.42. The normalized spacial score (nSPS) is 16.8. The number of hydrogen-bond donors (Lipinski definition) is 1. The molecule has 4 fully saturated rings. The fourth-order valence-electron chi connectivity index (χ4n) is 11.4. The lowest BCUT2D eigenvalue weighted by Gasteiger charge is -2.34. The molecular weight excluding hydrogens is 1070 g/mol. The zero-order chi connectivity index (χ0) is 56.5. The van der Waals surface area contributed by atoms with E-state index in [1.54, 1.807) is 25.0 Å². The molecular formula is C61H74N8O10S2. The van der Waals surface area contributed by atoms with Crippen LogP contribution in [0.1, 0.15) is 114 Å². The van der Waals surface area contributed by atoms with E-state index in [0.717, 1.165) is 148 Å². The Morgan fingerprint density at radius 2 is 0.975 bits per heavy atom. The molecule has 0 unspecified atom stereocenters. The van der Waals surface area contributed by atoms with Crippen LogP contribution in [0.2, 0.25) is 0 Å². The van der Waals surface area contributed by atoms with E-state index >= 15 is 0 Å². The van der Waals surface area contributed by atoms with Gasteiger partial charge in [0.15, 0.2) is 42.5 Å². The zero-order valence-electron chi connectivity index (χ0n) is 46.4. The summed E-state index contributed by atoms with van der Waals surface area (Å²) in [5, 5.41) is 21.2. The number of ketones is 2. The van der Waals surface area contributed by atoms with Crippen LogP contribution in [0.3, 0.4) is 0 Å². The molecule has 2 saturated carbocycles. The molecule has 0 atom stereocenters. The van der Waals surface area contributed by atoms with Crippen LogP contribution in [0.5, 0.6) is 0 Å². The third kappa shape index (κ3) is 13.8. The van der Waals surface area contributed by atoms with Gasteiger partial charge in [-0.2, -0.15) is 10.2 Å². The molecule has 81 heavy (non-hydrogen) atoms. The van der Waals surface area contributed by atoms with Crippen LogP contribution in [0.25, 0.3) is 33.4 Å². The Morgan fingerprint density at radius 3 is 1.36 bits per heavy atom. The number of anilines is 2. The highest BCUT2D eigenvalue weighted by Gasteiger charge is 2.34. The molecule has 0 spiro atoms. The van der Waals surface area contributed by atoms with Crippen molar-refractivity contribution >= 4 is 64.7 Å². The van der Waals surface area contributed by atoms with E-state index in [0.29, 0.717) is 41.6 Å². The molecule has 3 aromatic carbocycles. The van der Waals surface area contributed by atoms with E-state index in [1.807, 2.05) is 102 Å². The molecule has 4 aromatic heterocycles. The van der Waals surface area contributed by atoms with Crippen LogP contribution >= 0.6 is 0 Å². The second-order valence-corrected chi connectivity index (χ2v) is 26.4. The van der Waals surface area contributed by atoms with Crippen molar-refractivity contribution < 1.29 is 45.7 Å². The molecule has 20 heteroatoms. The molecule has 4 aliphatic rings. The van der Waals surface area contributed by atoms with E-state index in [1.165, 1.54) is 6.42 Å². The van der Waals surface area contributed by atoms with Gasteiger partial charge >= 0.3 is 0 Å². The van der Waals surface area contributed by atoms with E-state index in [4.69, 9.17) is 39.5 Å². The highest BCUT2D eigenvalue weighted by atomic mass is 32.2. The molecule has 430 valence electrons. The van der Waals surface area contributed by atoms with Gasteiger partial charge in [-0.05, 0) is 105 Å². The zero-order valence-corrected chi connectivity index (χ0v) is 48.0. The Kier molecular flexibility index (Phi) is 18.7. The van der Waals surface area contributed by atoms with Gasteiger partial charge in [0.2, 0.25) is 0 Å². The van der Waals surface area contributed by atoms with Gasteiger partial charge in [-0.15, -0.1) is 0 Å². The Bertz CT molecular complexity index is 3500. The summed E-state index contributed by atoms with van der Waals surface area (Å²) >= 11 is 0. The fourth-order valence-corrected chi connectivity index (χ4v) is 13.4. The second-order valence-electron chi connectivity index (χ2n) is 22.0. The Hall–Kier alpha value is -6.42. The number of carbonyl (C=O) groups is 2. The van der Waals surface area contributed by atoms with Crippen molar-refractivity contribution in [1.82, 2.24) is 29.5 Å². The smallest absolute Gasteiger partial charge is 0.196 e. The Balaban J connectivity index is 0.000000185. The van der Waals surface area contributed by atoms with Crippen molar-refractivity contribution in [3.05, 3.63) is 131 Å². The minimum atomic E-state index is -3.74. The first-order valence-electron chi connectivity index (χ1n) is 28.5. The quantitative estimate of drug-likeness (QED) is 0.0469. The van der Waals surface area contributed by atoms with E-state index < -0.39 is 55.1 Å². The molecule has 2 saturated heterocycles. The first-order chi connectivity index (χ1) is 39.3. The number of ether oxygens (including phenoxy) is 3. The Morgan fingerprint density at radius 1 is 0.568 bits per heavy atom. The van der Waals surface area contributed by atoms with Crippen LogP contribution in [0, 0.1) is 11.8 Å². The monoisotopic (exact) mass is 1140 g/mol. The van der Waals surface area contributed by atoms with Gasteiger partial charge in [-0.3, -0.25) is 9.59 Å². The summed E-state index contributed by atoms with van der Waals surface area (Å²) in [6.45, 7) is 4.53. The number of methoxy groups -OCH3 is 2. The number of aromatic nitrogens is 6. The fraction of sp³-hybridized carbons (Fsp3) is 0.475. The van der Waals surface area contributed by atoms with E-state index in [9.17, 15) is 26.4 Å². The maximum atomic E-state index is 13.6. The number of rotatable bonds is 23. The van der Waals surface area contributed by atoms with Crippen molar-refractivity contribution in [2.24, 2.45) is 11.8 Å². The lowest BCUT2D eigenvalue weighted by Crippen LogP contribution is -2.35. The van der Waals surface area contributed by atoms with Gasteiger partial charge in [-0.1, -0.05) is 79.6 Å². The number of para-hydroxylation sites is 2. The summed E-state index contributed by atoms with van der Waals surface area (Å²) in [7, 11) is -3.99. The summed E-state index contributed by atoms with van der Waals surface area (Å²) in [6.07, 6.45) is 10.5. The van der Waals surface area contributed by atoms with Crippen LogP contribution in [0.15, 0.2) is 103 Å². The lowest BCUT2D eigenvalue weighted by molar-refractivity contribution is 0.100. The molecule has 0 bridgehead atoms. The third-order valence-corrected chi connectivity index (χ3v) is 19.3. The van der Waals surface area contributed by atoms with Crippen LogP contribution in [-0.4, -0.2) is 153 Å². The van der Waals surface area contributed by atoms with E-state index in [-0.39, 0.29) is 23.7 Å². The highest BCUT2D eigenvalue weighted by Crippen LogP contribution is 2.45. The number of pyridine rings is 2. The highest BCUT2D eigenvalue weighted by molar-refractivity contribution is 7.92. The Labute approximate surface area is 474 Å². The van der Waals surface area contributed by atoms with Gasteiger partial charge in [0.1, 0.15) is 22.9 Å². The third-order valence-electron chi connectivity index (χ3n) is 16.3. The van der Waals surface area contributed by atoms with Crippen molar-refractivity contribution in [2.75, 3.05) is 99.6 Å². The van der Waals surface area contributed by atoms with Crippen molar-refractivity contribution in [3.8, 4) is 11.4 Å². The van der Waals surface area contributed by atoms with Crippen LogP contribution in [0.4, 0.5) is 11.4 Å². The van der Waals surface area contributed by atoms with Crippen LogP contribution < -0.4 is 9.80 Å². The average Bonchev–Trinajstić information content (AvgIpc) is 3.20. The lowest BCUT2D eigenvalue weighted by atomic mass is 9.81. The molecule has 0 radical (unpaired) electrons. The number of nitrogens with zero attached hydrogens (tertiary/aromatic N) is 8. The standard InChI is InChI=1S/C34H40N4O5S.C27H34N4O5S/c1-42-22-26-15-17-37(18-16-26)30-21-29(31(39)24-44(40,41)20-19-43-23-25-9-4-2-5-10-25)35-34-32(30)33(27-11-8-12-27)36-38(34)28-13-6-3-7-14-28;1-36-17-19-10-12-30(13-11-19)23-16-22(24(33)18-37(34,35)15-14-32)28-27-25(23)26(20-6-5-7-20)29-31(27)21-8-3-2-4-9-21/h2-7,9-10,13-14,21,26-27H,8,11-12,15-20,22-24H2,1H3;2-4,8-9,16,19-20,32H,5-7,10-15,17-18H2,1H3. The predicted molar refractivity (Wildman–Crippen MR) is 314 cm³/mol. The number of hydrogen-bond acceptors (Lipinski definition) is 16. The number of sulfone groups is 2. The second kappa shape index (κ2) is 26.2. The van der Waals surface area contributed by atoms with Gasteiger partial charge in [-0.25, -0.2) is 36.2 Å². The van der Waals surface area contributed by atoms with Gasteiger partial charge in [0.05, 0.1) is 76.2 Å². The van der Waals surface area contributed by atoms with Gasteiger partial charge in [0.25, 0.3) is 0 Å². The van der Waals surface area contributed by atoms with Crippen molar-refractivity contribution in [1.29, 1.82) is 0 Å². The molecule has 11 rings (SSSR count). The number of benzene rings is 3. The molecule has 18 nitrogen and oxygen atoms in total.